The second kappa shape index (κ2) is 11.9. The summed E-state index contributed by atoms with van der Waals surface area (Å²) in [6.07, 6.45) is 2.22. The quantitative estimate of drug-likeness (QED) is 0.432. The van der Waals surface area contributed by atoms with Crippen LogP contribution in [-0.4, -0.2) is 78.0 Å². The average Bonchev–Trinajstić information content (AvgIpc) is 3.40. The first-order valence-corrected chi connectivity index (χ1v) is 13.7. The van der Waals surface area contributed by atoms with Crippen molar-refractivity contribution >= 4 is 44.4 Å². The van der Waals surface area contributed by atoms with E-state index in [0.717, 1.165) is 64.5 Å². The molecule has 2 heterocycles. The highest BCUT2D eigenvalue weighted by molar-refractivity contribution is 7.92. The molecule has 9 nitrogen and oxygen atoms in total. The SMILES string of the molecule is COc1ccc(NS(=O)(=O)c2ccc(N3CCCC3)c(NC(=S)NCCN3CCOCC3)c2)cc1. The van der Waals surface area contributed by atoms with E-state index in [2.05, 4.69) is 25.2 Å². The smallest absolute Gasteiger partial charge is 0.261 e. The van der Waals surface area contributed by atoms with E-state index in [4.69, 9.17) is 21.7 Å². The van der Waals surface area contributed by atoms with Crippen LogP contribution < -0.4 is 25.0 Å². The number of rotatable bonds is 9. The van der Waals surface area contributed by atoms with Crippen molar-refractivity contribution in [3.05, 3.63) is 42.5 Å². The van der Waals surface area contributed by atoms with Gasteiger partial charge in [0.25, 0.3) is 10.0 Å². The lowest BCUT2D eigenvalue weighted by Crippen LogP contribution is -2.42. The number of hydrogen-bond donors (Lipinski definition) is 3. The molecule has 0 amide bonds. The van der Waals surface area contributed by atoms with Gasteiger partial charge in [0.2, 0.25) is 0 Å². The fourth-order valence-electron chi connectivity index (χ4n) is 4.21. The molecule has 2 aromatic rings. The molecule has 2 fully saturated rings. The normalized spacial score (nSPS) is 16.7. The lowest BCUT2D eigenvalue weighted by atomic mass is 10.2. The summed E-state index contributed by atoms with van der Waals surface area (Å²) in [6.45, 7) is 6.78. The molecule has 190 valence electrons. The molecule has 0 spiro atoms. The number of ether oxygens (including phenoxy) is 2. The van der Waals surface area contributed by atoms with Gasteiger partial charge in [0.1, 0.15) is 5.75 Å². The van der Waals surface area contributed by atoms with Gasteiger partial charge in [0.05, 0.1) is 36.6 Å². The topological polar surface area (TPSA) is 95.2 Å². The summed E-state index contributed by atoms with van der Waals surface area (Å²) in [4.78, 5) is 4.74. The molecule has 2 saturated heterocycles. The Morgan fingerprint density at radius 3 is 2.46 bits per heavy atom. The predicted molar refractivity (Wildman–Crippen MR) is 143 cm³/mol. The molecule has 4 rings (SSSR count). The van der Waals surface area contributed by atoms with Gasteiger partial charge < -0.3 is 25.0 Å². The lowest BCUT2D eigenvalue weighted by Gasteiger charge is -2.27. The van der Waals surface area contributed by atoms with Crippen molar-refractivity contribution < 1.29 is 17.9 Å². The van der Waals surface area contributed by atoms with E-state index in [1.807, 2.05) is 6.07 Å². The third-order valence-electron chi connectivity index (χ3n) is 6.13. The molecule has 3 N–H and O–H groups in total. The maximum absolute atomic E-state index is 13.1. The molecule has 2 aromatic carbocycles. The summed E-state index contributed by atoms with van der Waals surface area (Å²) in [5, 5.41) is 6.96. The first-order chi connectivity index (χ1) is 16.9. The summed E-state index contributed by atoms with van der Waals surface area (Å²) in [5.41, 5.74) is 2.08. The van der Waals surface area contributed by atoms with Gasteiger partial charge in [-0.05, 0) is 67.5 Å². The Bertz CT molecular complexity index is 1100. The van der Waals surface area contributed by atoms with E-state index in [0.29, 0.717) is 28.8 Å². The zero-order valence-electron chi connectivity index (χ0n) is 20.0. The number of anilines is 3. The Hall–Kier alpha value is -2.60. The predicted octanol–water partition coefficient (Wildman–Crippen LogP) is 2.71. The third-order valence-corrected chi connectivity index (χ3v) is 7.76. The molecule has 2 aliphatic heterocycles. The van der Waals surface area contributed by atoms with Crippen molar-refractivity contribution in [2.75, 3.05) is 74.5 Å². The summed E-state index contributed by atoms with van der Waals surface area (Å²) >= 11 is 5.54. The molecule has 0 aromatic heterocycles. The maximum Gasteiger partial charge on any atom is 0.261 e. The second-order valence-electron chi connectivity index (χ2n) is 8.54. The van der Waals surface area contributed by atoms with Gasteiger partial charge in [-0.15, -0.1) is 0 Å². The zero-order valence-corrected chi connectivity index (χ0v) is 21.6. The van der Waals surface area contributed by atoms with Crippen molar-refractivity contribution in [2.45, 2.75) is 17.7 Å². The highest BCUT2D eigenvalue weighted by Gasteiger charge is 2.21. The largest absolute Gasteiger partial charge is 0.497 e. The van der Waals surface area contributed by atoms with Crippen LogP contribution in [0.2, 0.25) is 0 Å². The maximum atomic E-state index is 13.1. The van der Waals surface area contributed by atoms with Crippen LogP contribution in [0.25, 0.3) is 0 Å². The molecule has 2 aliphatic rings. The van der Waals surface area contributed by atoms with Crippen LogP contribution in [0.4, 0.5) is 17.1 Å². The van der Waals surface area contributed by atoms with Gasteiger partial charge in [-0.25, -0.2) is 8.42 Å². The lowest BCUT2D eigenvalue weighted by molar-refractivity contribution is 0.0389. The van der Waals surface area contributed by atoms with Gasteiger partial charge in [-0.2, -0.15) is 0 Å². The molecule has 0 aliphatic carbocycles. The van der Waals surface area contributed by atoms with E-state index in [1.165, 1.54) is 0 Å². The molecule has 11 heteroatoms. The zero-order chi connectivity index (χ0) is 24.7. The molecule has 0 saturated carbocycles. The summed E-state index contributed by atoms with van der Waals surface area (Å²) in [5.74, 6) is 0.657. The molecule has 0 atom stereocenters. The first-order valence-electron chi connectivity index (χ1n) is 11.9. The van der Waals surface area contributed by atoms with Crippen LogP contribution in [0.5, 0.6) is 5.75 Å². The summed E-state index contributed by atoms with van der Waals surface area (Å²) in [7, 11) is -2.23. The molecule has 0 bridgehead atoms. The number of thiocarbonyl (C=S) groups is 1. The van der Waals surface area contributed by atoms with Crippen molar-refractivity contribution in [3.8, 4) is 5.75 Å². The standard InChI is InChI=1S/C24H33N5O4S2/c1-32-20-6-4-19(5-7-20)27-35(30,31)21-8-9-23(29-11-2-3-12-29)22(18-21)26-24(34)25-10-13-28-14-16-33-17-15-28/h4-9,18,27H,2-3,10-17H2,1H3,(H2,25,26,34). The number of nitrogens with one attached hydrogen (secondary N) is 3. The van der Waals surface area contributed by atoms with Crippen molar-refractivity contribution in [1.82, 2.24) is 10.2 Å². The van der Waals surface area contributed by atoms with Gasteiger partial charge in [0, 0.05) is 45.0 Å². The molecule has 0 radical (unpaired) electrons. The Labute approximate surface area is 212 Å². The molecular formula is C24H33N5O4S2. The highest BCUT2D eigenvalue weighted by atomic mass is 32.2. The minimum Gasteiger partial charge on any atom is -0.497 e. The van der Waals surface area contributed by atoms with Gasteiger partial charge in [-0.3, -0.25) is 9.62 Å². The van der Waals surface area contributed by atoms with E-state index in [9.17, 15) is 8.42 Å². The van der Waals surface area contributed by atoms with Gasteiger partial charge in [-0.1, -0.05) is 0 Å². The highest BCUT2D eigenvalue weighted by Crippen LogP contribution is 2.32. The van der Waals surface area contributed by atoms with Gasteiger partial charge >= 0.3 is 0 Å². The summed E-state index contributed by atoms with van der Waals surface area (Å²) in [6, 6.07) is 11.9. The number of benzene rings is 2. The van der Waals surface area contributed by atoms with Crippen LogP contribution in [0.1, 0.15) is 12.8 Å². The van der Waals surface area contributed by atoms with E-state index < -0.39 is 10.0 Å². The molecule has 0 unspecified atom stereocenters. The Balaban J connectivity index is 1.47. The van der Waals surface area contributed by atoms with Crippen molar-refractivity contribution in [1.29, 1.82) is 0 Å². The van der Waals surface area contributed by atoms with E-state index in [1.54, 1.807) is 43.5 Å². The Kier molecular flexibility index (Phi) is 8.66. The Morgan fingerprint density at radius 1 is 1.06 bits per heavy atom. The Morgan fingerprint density at radius 2 is 1.77 bits per heavy atom. The molecule has 35 heavy (non-hydrogen) atoms. The monoisotopic (exact) mass is 519 g/mol. The number of hydrogen-bond acceptors (Lipinski definition) is 7. The van der Waals surface area contributed by atoms with Crippen LogP contribution in [-0.2, 0) is 14.8 Å². The number of sulfonamides is 1. The van der Waals surface area contributed by atoms with Crippen molar-refractivity contribution in [3.63, 3.8) is 0 Å². The third kappa shape index (κ3) is 6.97. The average molecular weight is 520 g/mol. The number of methoxy groups -OCH3 is 1. The van der Waals surface area contributed by atoms with Crippen LogP contribution >= 0.6 is 12.2 Å². The van der Waals surface area contributed by atoms with Crippen LogP contribution in [0.15, 0.2) is 47.4 Å². The molecular weight excluding hydrogens is 486 g/mol. The number of morpholine rings is 1. The fourth-order valence-corrected chi connectivity index (χ4v) is 5.50. The fraction of sp³-hybridized carbons (Fsp3) is 0.458. The minimum atomic E-state index is -3.79. The van der Waals surface area contributed by atoms with Gasteiger partial charge in [0.15, 0.2) is 5.11 Å². The number of nitrogens with zero attached hydrogens (tertiary/aromatic N) is 2. The summed E-state index contributed by atoms with van der Waals surface area (Å²) < 4.78 is 39.4. The van der Waals surface area contributed by atoms with Crippen LogP contribution in [0, 0.1) is 0 Å². The minimum absolute atomic E-state index is 0.162. The van der Waals surface area contributed by atoms with Crippen molar-refractivity contribution in [2.24, 2.45) is 0 Å². The van der Waals surface area contributed by atoms with E-state index in [-0.39, 0.29) is 4.90 Å². The first kappa shape index (κ1) is 25.5. The van der Waals surface area contributed by atoms with E-state index >= 15 is 0 Å². The van der Waals surface area contributed by atoms with Crippen LogP contribution in [0.3, 0.4) is 0 Å². The second-order valence-corrected chi connectivity index (χ2v) is 10.6.